The monoisotopic (exact) mass is 939 g/mol. The van der Waals surface area contributed by atoms with E-state index >= 15 is 0 Å². The van der Waals surface area contributed by atoms with E-state index in [0.717, 1.165) is 70.6 Å². The molecule has 0 aliphatic rings. The third-order valence-electron chi connectivity index (χ3n) is 12.8. The fourth-order valence-corrected chi connectivity index (χ4v) is 8.39. The summed E-state index contributed by atoms with van der Waals surface area (Å²) in [7, 11) is 0. The Bertz CT molecular complexity index is 1170. The van der Waals surface area contributed by atoms with Gasteiger partial charge in [0, 0.05) is 19.3 Å². The standard InChI is InChI=1S/C61H110O6/c1-4-7-10-13-16-19-22-25-28-30-33-36-39-42-45-48-51-54-60(63)66-57-58(56-65-59(62)53-50-47-44-41-38-35-32-27-24-21-18-15-12-9-6-3)67-61(64)55-52-49-46-43-40-37-34-31-29-26-23-20-17-14-11-8-5-2/h18,21,26-27,29,32,38,41,58H,4-17,19-20,22-25,28,30-31,33-37,39-40,42-57H2,1-3H3/b21-18-,29-26-,32-27-,41-38-/t58-/m1/s1. The van der Waals surface area contributed by atoms with Gasteiger partial charge in [-0.1, -0.05) is 249 Å². The highest BCUT2D eigenvalue weighted by molar-refractivity contribution is 5.71. The zero-order valence-electron chi connectivity index (χ0n) is 44.7. The molecule has 0 aliphatic heterocycles. The summed E-state index contributed by atoms with van der Waals surface area (Å²) in [6.45, 7) is 6.61. The topological polar surface area (TPSA) is 78.9 Å². The van der Waals surface area contributed by atoms with Gasteiger partial charge in [-0.05, 0) is 83.5 Å². The summed E-state index contributed by atoms with van der Waals surface area (Å²) in [5.74, 6) is -0.913. The lowest BCUT2D eigenvalue weighted by Crippen LogP contribution is -2.30. The minimum absolute atomic E-state index is 0.0838. The molecule has 0 amide bonds. The van der Waals surface area contributed by atoms with E-state index in [1.807, 2.05) is 0 Å². The molecular formula is C61H110O6. The first-order valence-electron chi connectivity index (χ1n) is 29.1. The van der Waals surface area contributed by atoms with Crippen LogP contribution in [0.15, 0.2) is 48.6 Å². The van der Waals surface area contributed by atoms with Gasteiger partial charge in [-0.3, -0.25) is 14.4 Å². The fourth-order valence-electron chi connectivity index (χ4n) is 8.39. The number of hydrogen-bond donors (Lipinski definition) is 0. The van der Waals surface area contributed by atoms with Crippen molar-refractivity contribution in [3.05, 3.63) is 48.6 Å². The molecule has 6 nitrogen and oxygen atoms in total. The van der Waals surface area contributed by atoms with Crippen molar-refractivity contribution >= 4 is 17.9 Å². The van der Waals surface area contributed by atoms with E-state index in [9.17, 15) is 14.4 Å². The summed E-state index contributed by atoms with van der Waals surface area (Å²) in [5.41, 5.74) is 0. The van der Waals surface area contributed by atoms with E-state index in [2.05, 4.69) is 69.4 Å². The number of esters is 3. The third-order valence-corrected chi connectivity index (χ3v) is 12.8. The molecule has 0 N–H and O–H groups in total. The molecule has 0 heterocycles. The van der Waals surface area contributed by atoms with Crippen LogP contribution in [-0.4, -0.2) is 37.2 Å². The SMILES string of the molecule is CCCCC/C=C\C/C=C\C/C=C\CCCCC(=O)OC[C@H](COC(=O)CCCCCCCCCCCCCCCCCCC)OC(=O)CCCCCCCCC/C=C\CCCCCCCC. The molecule has 0 aromatic carbocycles. The molecule has 0 aromatic heterocycles. The van der Waals surface area contributed by atoms with Crippen LogP contribution in [0.1, 0.15) is 303 Å². The average Bonchev–Trinajstić information content (AvgIpc) is 3.33. The normalized spacial score (nSPS) is 12.3. The first-order valence-corrected chi connectivity index (χ1v) is 29.1. The lowest BCUT2D eigenvalue weighted by molar-refractivity contribution is -0.167. The Morgan fingerprint density at radius 2 is 0.537 bits per heavy atom. The van der Waals surface area contributed by atoms with Crippen LogP contribution >= 0.6 is 0 Å². The second kappa shape index (κ2) is 56.0. The highest BCUT2D eigenvalue weighted by atomic mass is 16.6. The predicted molar refractivity (Wildman–Crippen MR) is 289 cm³/mol. The number of carbonyl (C=O) groups is 3. The zero-order chi connectivity index (χ0) is 48.6. The second-order valence-corrected chi connectivity index (χ2v) is 19.6. The van der Waals surface area contributed by atoms with E-state index in [4.69, 9.17) is 14.2 Å². The van der Waals surface area contributed by atoms with Crippen LogP contribution in [0.3, 0.4) is 0 Å². The molecule has 0 saturated carbocycles. The minimum Gasteiger partial charge on any atom is -0.462 e. The molecule has 0 aromatic rings. The van der Waals surface area contributed by atoms with Gasteiger partial charge >= 0.3 is 17.9 Å². The van der Waals surface area contributed by atoms with Crippen LogP contribution in [0.2, 0.25) is 0 Å². The van der Waals surface area contributed by atoms with Gasteiger partial charge in [-0.15, -0.1) is 0 Å². The van der Waals surface area contributed by atoms with Gasteiger partial charge in [0.05, 0.1) is 0 Å². The molecule has 0 rings (SSSR count). The van der Waals surface area contributed by atoms with Crippen LogP contribution in [0.4, 0.5) is 0 Å². The molecule has 1 atom stereocenters. The smallest absolute Gasteiger partial charge is 0.306 e. The second-order valence-electron chi connectivity index (χ2n) is 19.6. The van der Waals surface area contributed by atoms with Crippen LogP contribution < -0.4 is 0 Å². The van der Waals surface area contributed by atoms with Crippen molar-refractivity contribution in [1.29, 1.82) is 0 Å². The molecule has 0 spiro atoms. The maximum Gasteiger partial charge on any atom is 0.306 e. The van der Waals surface area contributed by atoms with Gasteiger partial charge < -0.3 is 14.2 Å². The first kappa shape index (κ1) is 64.4. The van der Waals surface area contributed by atoms with Gasteiger partial charge in [-0.2, -0.15) is 0 Å². The molecular weight excluding hydrogens is 829 g/mol. The van der Waals surface area contributed by atoms with Gasteiger partial charge in [0.15, 0.2) is 6.10 Å². The van der Waals surface area contributed by atoms with Gasteiger partial charge in [0.25, 0.3) is 0 Å². The summed E-state index contributed by atoms with van der Waals surface area (Å²) in [5, 5.41) is 0. The third kappa shape index (κ3) is 54.2. The van der Waals surface area contributed by atoms with Crippen LogP contribution in [-0.2, 0) is 28.6 Å². The minimum atomic E-state index is -0.789. The summed E-state index contributed by atoms with van der Waals surface area (Å²) in [6.07, 6.45) is 68.1. The van der Waals surface area contributed by atoms with E-state index in [1.54, 1.807) is 0 Å². The van der Waals surface area contributed by atoms with E-state index < -0.39 is 6.10 Å². The van der Waals surface area contributed by atoms with Gasteiger partial charge in [0.1, 0.15) is 13.2 Å². The summed E-state index contributed by atoms with van der Waals surface area (Å²) in [4.78, 5) is 38.1. The molecule has 0 unspecified atom stereocenters. The molecule has 6 heteroatoms. The van der Waals surface area contributed by atoms with E-state index in [1.165, 1.54) is 193 Å². The van der Waals surface area contributed by atoms with E-state index in [0.29, 0.717) is 19.3 Å². The molecule has 390 valence electrons. The Morgan fingerprint density at radius 3 is 0.910 bits per heavy atom. The highest BCUT2D eigenvalue weighted by Crippen LogP contribution is 2.16. The number of hydrogen-bond acceptors (Lipinski definition) is 6. The van der Waals surface area contributed by atoms with Crippen LogP contribution in [0.25, 0.3) is 0 Å². The van der Waals surface area contributed by atoms with Crippen molar-refractivity contribution < 1.29 is 28.6 Å². The molecule has 0 radical (unpaired) electrons. The summed E-state index contributed by atoms with van der Waals surface area (Å²) < 4.78 is 16.8. The molecule has 0 aliphatic carbocycles. The van der Waals surface area contributed by atoms with Crippen LogP contribution in [0.5, 0.6) is 0 Å². The number of carbonyl (C=O) groups excluding carboxylic acids is 3. The first-order chi connectivity index (χ1) is 33.0. The quantitative estimate of drug-likeness (QED) is 0.0262. The van der Waals surface area contributed by atoms with Crippen molar-refractivity contribution in [2.75, 3.05) is 13.2 Å². The number of rotatable bonds is 53. The molecule has 0 bridgehead atoms. The van der Waals surface area contributed by atoms with Crippen molar-refractivity contribution in [2.24, 2.45) is 0 Å². The van der Waals surface area contributed by atoms with Crippen molar-refractivity contribution in [3.8, 4) is 0 Å². The number of ether oxygens (including phenoxy) is 3. The molecule has 0 saturated heterocycles. The highest BCUT2D eigenvalue weighted by Gasteiger charge is 2.19. The van der Waals surface area contributed by atoms with E-state index in [-0.39, 0.29) is 31.1 Å². The maximum atomic E-state index is 12.9. The largest absolute Gasteiger partial charge is 0.462 e. The Balaban J connectivity index is 4.40. The summed E-state index contributed by atoms with van der Waals surface area (Å²) >= 11 is 0. The molecule has 67 heavy (non-hydrogen) atoms. The number of unbranched alkanes of at least 4 members (excludes halogenated alkanes) is 34. The van der Waals surface area contributed by atoms with Gasteiger partial charge in [-0.25, -0.2) is 0 Å². The Labute approximate surface area is 416 Å². The molecule has 0 fully saturated rings. The fraction of sp³-hybridized carbons (Fsp3) is 0.820. The van der Waals surface area contributed by atoms with Gasteiger partial charge in [0.2, 0.25) is 0 Å². The average molecular weight is 940 g/mol. The van der Waals surface area contributed by atoms with Crippen molar-refractivity contribution in [1.82, 2.24) is 0 Å². The maximum absolute atomic E-state index is 12.9. The number of allylic oxidation sites excluding steroid dienone is 8. The lowest BCUT2D eigenvalue weighted by Gasteiger charge is -2.18. The van der Waals surface area contributed by atoms with Crippen molar-refractivity contribution in [2.45, 2.75) is 309 Å². The zero-order valence-corrected chi connectivity index (χ0v) is 44.7. The Morgan fingerprint density at radius 1 is 0.299 bits per heavy atom. The van der Waals surface area contributed by atoms with Crippen molar-refractivity contribution in [3.63, 3.8) is 0 Å². The predicted octanol–water partition coefficient (Wildman–Crippen LogP) is 19.4. The lowest BCUT2D eigenvalue weighted by atomic mass is 10.0. The van der Waals surface area contributed by atoms with Crippen LogP contribution in [0, 0.1) is 0 Å². The Kier molecular flexibility index (Phi) is 53.8. The summed E-state index contributed by atoms with van der Waals surface area (Å²) in [6, 6.07) is 0. The Hall–Kier alpha value is -2.63.